The Bertz CT molecular complexity index is 849. The lowest BCUT2D eigenvalue weighted by Crippen LogP contribution is -2.30. The van der Waals surface area contributed by atoms with E-state index in [4.69, 9.17) is 4.74 Å². The van der Waals surface area contributed by atoms with E-state index in [1.54, 1.807) is 42.6 Å². The summed E-state index contributed by atoms with van der Waals surface area (Å²) in [5.41, 5.74) is 0.764. The molecule has 0 saturated carbocycles. The van der Waals surface area contributed by atoms with Gasteiger partial charge in [-0.05, 0) is 34.0 Å². The van der Waals surface area contributed by atoms with Gasteiger partial charge in [-0.3, -0.25) is 4.79 Å². The molecule has 0 fully saturated rings. The van der Waals surface area contributed by atoms with E-state index in [1.807, 2.05) is 17.5 Å². The lowest BCUT2D eigenvalue weighted by atomic mass is 10.2. The minimum absolute atomic E-state index is 0.276. The number of likely N-dealkylation sites (N-methyl/N-ethyl adjacent to an activating group) is 1. The molecule has 0 aliphatic rings. The normalized spacial score (nSPS) is 10.4. The average Bonchev–Trinajstić information content (AvgIpc) is 3.33. The van der Waals surface area contributed by atoms with Crippen molar-refractivity contribution in [2.24, 2.45) is 0 Å². The summed E-state index contributed by atoms with van der Waals surface area (Å²) in [4.78, 5) is 27.0. The third-order valence-electron chi connectivity index (χ3n) is 3.45. The molecule has 8 nitrogen and oxygen atoms in total. The minimum atomic E-state index is -0.607. The van der Waals surface area contributed by atoms with E-state index < -0.39 is 5.97 Å². The van der Waals surface area contributed by atoms with Gasteiger partial charge in [0, 0.05) is 11.9 Å². The van der Waals surface area contributed by atoms with E-state index in [-0.39, 0.29) is 18.1 Å². The number of tetrazole rings is 1. The van der Waals surface area contributed by atoms with Crippen LogP contribution in [-0.4, -0.2) is 50.6 Å². The van der Waals surface area contributed by atoms with Gasteiger partial charge in [-0.1, -0.05) is 18.2 Å². The summed E-state index contributed by atoms with van der Waals surface area (Å²) in [7, 11) is 1.67. The second kappa shape index (κ2) is 7.67. The standard InChI is InChI=1S/C16H15N5O3S/c1-20(9-12-5-4-8-25-12)15(22)10-24-16(23)13-6-2-3-7-14(13)21-11-17-18-19-21/h2-8,11H,9-10H2,1H3. The molecule has 1 aromatic carbocycles. The molecule has 3 rings (SSSR count). The number of esters is 1. The van der Waals surface area contributed by atoms with Crippen LogP contribution >= 0.6 is 11.3 Å². The van der Waals surface area contributed by atoms with Crippen molar-refractivity contribution < 1.29 is 14.3 Å². The van der Waals surface area contributed by atoms with Crippen LogP contribution in [0.2, 0.25) is 0 Å². The van der Waals surface area contributed by atoms with Gasteiger partial charge in [-0.2, -0.15) is 4.68 Å². The van der Waals surface area contributed by atoms with E-state index in [2.05, 4.69) is 15.5 Å². The zero-order valence-corrected chi connectivity index (χ0v) is 14.2. The molecular weight excluding hydrogens is 342 g/mol. The van der Waals surface area contributed by atoms with Gasteiger partial charge in [0.25, 0.3) is 5.91 Å². The number of carbonyl (C=O) groups is 2. The fourth-order valence-electron chi connectivity index (χ4n) is 2.16. The van der Waals surface area contributed by atoms with Crippen molar-refractivity contribution in [2.75, 3.05) is 13.7 Å². The van der Waals surface area contributed by atoms with E-state index in [1.165, 1.54) is 15.9 Å². The topological polar surface area (TPSA) is 90.2 Å². The number of rotatable bonds is 6. The predicted octanol–water partition coefficient (Wildman–Crippen LogP) is 1.54. The molecule has 128 valence electrons. The number of thiophene rings is 1. The monoisotopic (exact) mass is 357 g/mol. The number of hydrogen-bond donors (Lipinski definition) is 0. The van der Waals surface area contributed by atoms with Crippen molar-refractivity contribution >= 4 is 23.2 Å². The molecule has 2 heterocycles. The lowest BCUT2D eigenvalue weighted by molar-refractivity contribution is -0.133. The van der Waals surface area contributed by atoms with E-state index in [0.717, 1.165) is 4.88 Å². The molecule has 0 atom stereocenters. The molecule has 0 aliphatic heterocycles. The molecule has 9 heteroatoms. The highest BCUT2D eigenvalue weighted by Crippen LogP contribution is 2.14. The van der Waals surface area contributed by atoms with E-state index in [0.29, 0.717) is 12.2 Å². The molecule has 3 aromatic rings. The Morgan fingerprint density at radius 1 is 1.24 bits per heavy atom. The Kier molecular flexibility index (Phi) is 5.14. The molecule has 0 aliphatic carbocycles. The highest BCUT2D eigenvalue weighted by atomic mass is 32.1. The summed E-state index contributed by atoms with van der Waals surface area (Å²) in [6.45, 7) is 0.153. The number of hydrogen-bond acceptors (Lipinski definition) is 7. The van der Waals surface area contributed by atoms with Crippen LogP contribution in [0, 0.1) is 0 Å². The molecule has 0 spiro atoms. The van der Waals surface area contributed by atoms with Crippen molar-refractivity contribution in [2.45, 2.75) is 6.54 Å². The Labute approximate surface area is 147 Å². The zero-order valence-electron chi connectivity index (χ0n) is 13.4. The molecule has 0 bridgehead atoms. The Hall–Kier alpha value is -3.07. The number of benzene rings is 1. The number of aromatic nitrogens is 4. The summed E-state index contributed by atoms with van der Waals surface area (Å²) in [5.74, 6) is -0.884. The van der Waals surface area contributed by atoms with Crippen LogP contribution in [-0.2, 0) is 16.1 Å². The summed E-state index contributed by atoms with van der Waals surface area (Å²) >= 11 is 1.57. The number of carbonyl (C=O) groups excluding carboxylic acids is 2. The van der Waals surface area contributed by atoms with Gasteiger partial charge in [0.2, 0.25) is 0 Å². The average molecular weight is 357 g/mol. The molecule has 0 N–H and O–H groups in total. The third kappa shape index (κ3) is 4.07. The van der Waals surface area contributed by atoms with Crippen LogP contribution < -0.4 is 0 Å². The van der Waals surface area contributed by atoms with Crippen LogP contribution in [0.1, 0.15) is 15.2 Å². The van der Waals surface area contributed by atoms with Crippen molar-refractivity contribution in [3.05, 3.63) is 58.5 Å². The summed E-state index contributed by atoms with van der Waals surface area (Å²) in [5, 5.41) is 12.8. The Morgan fingerprint density at radius 3 is 2.80 bits per heavy atom. The largest absolute Gasteiger partial charge is 0.452 e. The molecule has 0 saturated heterocycles. The molecule has 2 aromatic heterocycles. The minimum Gasteiger partial charge on any atom is -0.452 e. The predicted molar refractivity (Wildman–Crippen MR) is 90.2 cm³/mol. The van der Waals surface area contributed by atoms with Gasteiger partial charge in [0.05, 0.1) is 17.8 Å². The van der Waals surface area contributed by atoms with Crippen LogP contribution in [0.25, 0.3) is 5.69 Å². The molecule has 1 amide bonds. The van der Waals surface area contributed by atoms with Crippen LogP contribution in [0.4, 0.5) is 0 Å². The molecule has 0 radical (unpaired) electrons. The second-order valence-electron chi connectivity index (χ2n) is 5.18. The highest BCUT2D eigenvalue weighted by Gasteiger charge is 2.17. The van der Waals surface area contributed by atoms with E-state index >= 15 is 0 Å². The fourth-order valence-corrected chi connectivity index (χ4v) is 2.91. The first-order valence-electron chi connectivity index (χ1n) is 7.41. The van der Waals surface area contributed by atoms with Gasteiger partial charge in [0.15, 0.2) is 6.61 Å². The van der Waals surface area contributed by atoms with Crippen LogP contribution in [0.15, 0.2) is 48.1 Å². The number of amides is 1. The van der Waals surface area contributed by atoms with Crippen LogP contribution in [0.3, 0.4) is 0 Å². The molecule has 0 unspecified atom stereocenters. The number of nitrogens with zero attached hydrogens (tertiary/aromatic N) is 5. The van der Waals surface area contributed by atoms with Gasteiger partial charge in [0.1, 0.15) is 6.33 Å². The van der Waals surface area contributed by atoms with Gasteiger partial charge in [-0.25, -0.2) is 4.79 Å². The quantitative estimate of drug-likeness (QED) is 0.622. The Morgan fingerprint density at radius 2 is 2.08 bits per heavy atom. The highest BCUT2D eigenvalue weighted by molar-refractivity contribution is 7.09. The first-order chi connectivity index (χ1) is 12.1. The van der Waals surface area contributed by atoms with Crippen molar-refractivity contribution in [3.63, 3.8) is 0 Å². The second-order valence-corrected chi connectivity index (χ2v) is 6.21. The van der Waals surface area contributed by atoms with E-state index in [9.17, 15) is 9.59 Å². The maximum atomic E-state index is 12.3. The maximum Gasteiger partial charge on any atom is 0.340 e. The maximum absolute atomic E-state index is 12.3. The van der Waals surface area contributed by atoms with Gasteiger partial charge >= 0.3 is 5.97 Å². The van der Waals surface area contributed by atoms with Crippen molar-refractivity contribution in [3.8, 4) is 5.69 Å². The number of ether oxygens (including phenoxy) is 1. The smallest absolute Gasteiger partial charge is 0.340 e. The molecular formula is C16H15N5O3S. The summed E-state index contributed by atoms with van der Waals surface area (Å²) in [6, 6.07) is 10.6. The zero-order chi connectivity index (χ0) is 17.6. The van der Waals surface area contributed by atoms with Gasteiger partial charge in [-0.15, -0.1) is 16.4 Å². The summed E-state index contributed by atoms with van der Waals surface area (Å²) in [6.07, 6.45) is 1.38. The first kappa shape index (κ1) is 16.8. The number of para-hydroxylation sites is 1. The fraction of sp³-hybridized carbons (Fsp3) is 0.188. The summed E-state index contributed by atoms with van der Waals surface area (Å²) < 4.78 is 6.52. The molecule has 25 heavy (non-hydrogen) atoms. The van der Waals surface area contributed by atoms with Crippen LogP contribution in [0.5, 0.6) is 0 Å². The Balaban J connectivity index is 1.62. The lowest BCUT2D eigenvalue weighted by Gasteiger charge is -2.16. The first-order valence-corrected chi connectivity index (χ1v) is 8.29. The van der Waals surface area contributed by atoms with Gasteiger partial charge < -0.3 is 9.64 Å². The van der Waals surface area contributed by atoms with Crippen molar-refractivity contribution in [1.82, 2.24) is 25.1 Å². The SMILES string of the molecule is CN(Cc1cccs1)C(=O)COC(=O)c1ccccc1-n1cnnn1. The van der Waals surface area contributed by atoms with Crippen molar-refractivity contribution in [1.29, 1.82) is 0 Å². The third-order valence-corrected chi connectivity index (χ3v) is 4.31.